The third-order valence-electron chi connectivity index (χ3n) is 2.64. The molecule has 0 atom stereocenters. The van der Waals surface area contributed by atoms with Crippen LogP contribution in [0, 0.1) is 0 Å². The van der Waals surface area contributed by atoms with E-state index in [4.69, 9.17) is 0 Å². The summed E-state index contributed by atoms with van der Waals surface area (Å²) in [6.07, 6.45) is -0.976. The van der Waals surface area contributed by atoms with Crippen LogP contribution in [0.5, 0.6) is 0 Å². The highest BCUT2D eigenvalue weighted by atomic mass is 19.3. The van der Waals surface area contributed by atoms with Gasteiger partial charge in [-0.25, -0.2) is 13.5 Å². The molecule has 1 rings (SSSR count). The Hall–Kier alpha value is -1.04. The second-order valence-corrected chi connectivity index (χ2v) is 3.67. The van der Waals surface area contributed by atoms with E-state index in [1.807, 2.05) is 13.8 Å². The molecule has 4 nitrogen and oxygen atoms in total. The lowest BCUT2D eigenvalue weighted by molar-refractivity contribution is 0.133. The molecule has 0 aliphatic carbocycles. The Morgan fingerprint density at radius 3 is 2.38 bits per heavy atom. The number of aromatic nitrogens is 3. The van der Waals surface area contributed by atoms with Crippen LogP contribution >= 0.6 is 0 Å². The average molecular weight is 232 g/mol. The Kier molecular flexibility index (Phi) is 4.79. The molecule has 0 aliphatic rings. The normalized spacial score (nSPS) is 11.7. The lowest BCUT2D eigenvalue weighted by Gasteiger charge is -2.15. The molecular weight excluding hydrogens is 214 g/mol. The Labute approximate surface area is 94.0 Å². The van der Waals surface area contributed by atoms with E-state index in [2.05, 4.69) is 15.6 Å². The maximum Gasteiger partial charge on any atom is 0.281 e. The number of halogens is 2. The minimum Gasteiger partial charge on any atom is -0.314 e. The molecule has 0 saturated heterocycles. The summed E-state index contributed by atoms with van der Waals surface area (Å²) in [4.78, 5) is 0. The molecule has 0 fully saturated rings. The monoisotopic (exact) mass is 232 g/mol. The lowest BCUT2D eigenvalue weighted by Crippen LogP contribution is -2.14. The second kappa shape index (κ2) is 5.89. The van der Waals surface area contributed by atoms with Crippen molar-refractivity contribution in [1.82, 2.24) is 20.3 Å². The molecule has 1 aromatic heterocycles. The lowest BCUT2D eigenvalue weighted by atomic mass is 10.1. The van der Waals surface area contributed by atoms with Gasteiger partial charge in [-0.1, -0.05) is 19.1 Å². The van der Waals surface area contributed by atoms with Crippen LogP contribution in [0.3, 0.4) is 0 Å². The van der Waals surface area contributed by atoms with Gasteiger partial charge in [-0.3, -0.25) is 0 Å². The predicted molar refractivity (Wildman–Crippen MR) is 57.4 cm³/mol. The van der Waals surface area contributed by atoms with Gasteiger partial charge in [-0.15, -0.1) is 5.10 Å². The minimum atomic E-state index is -2.53. The SMILES string of the molecule is CCC(CC)n1nnc(CNC)c1C(F)F. The molecule has 0 aliphatic heterocycles. The Morgan fingerprint density at radius 2 is 1.94 bits per heavy atom. The van der Waals surface area contributed by atoms with Gasteiger partial charge in [-0.2, -0.15) is 0 Å². The molecule has 1 aromatic rings. The van der Waals surface area contributed by atoms with Crippen molar-refractivity contribution in [3.05, 3.63) is 11.4 Å². The van der Waals surface area contributed by atoms with Crippen molar-refractivity contribution in [2.75, 3.05) is 7.05 Å². The van der Waals surface area contributed by atoms with Crippen molar-refractivity contribution in [3.63, 3.8) is 0 Å². The molecule has 1 N–H and O–H groups in total. The third kappa shape index (κ3) is 2.55. The van der Waals surface area contributed by atoms with Crippen molar-refractivity contribution < 1.29 is 8.78 Å². The van der Waals surface area contributed by atoms with E-state index in [1.54, 1.807) is 7.05 Å². The summed E-state index contributed by atoms with van der Waals surface area (Å²) >= 11 is 0. The predicted octanol–water partition coefficient (Wildman–Crippen LogP) is 2.30. The van der Waals surface area contributed by atoms with Gasteiger partial charge in [0.15, 0.2) is 0 Å². The van der Waals surface area contributed by atoms with Gasteiger partial charge < -0.3 is 5.32 Å². The van der Waals surface area contributed by atoms with Crippen LogP contribution in [-0.2, 0) is 6.54 Å². The van der Waals surface area contributed by atoms with E-state index in [0.29, 0.717) is 12.2 Å². The van der Waals surface area contributed by atoms with Crippen LogP contribution < -0.4 is 5.32 Å². The maximum absolute atomic E-state index is 12.9. The number of hydrogen-bond donors (Lipinski definition) is 1. The number of rotatable bonds is 6. The molecule has 0 amide bonds. The van der Waals surface area contributed by atoms with Crippen molar-refractivity contribution in [2.45, 2.75) is 45.7 Å². The van der Waals surface area contributed by atoms with Crippen molar-refractivity contribution >= 4 is 0 Å². The molecule has 0 aromatic carbocycles. The molecule has 0 bridgehead atoms. The van der Waals surface area contributed by atoms with Crippen LogP contribution in [0.1, 0.15) is 50.5 Å². The summed E-state index contributed by atoms with van der Waals surface area (Å²) in [6, 6.07) is 0.00195. The molecule has 1 heterocycles. The van der Waals surface area contributed by atoms with Gasteiger partial charge in [0.1, 0.15) is 11.4 Å². The van der Waals surface area contributed by atoms with Crippen LogP contribution in [0.4, 0.5) is 8.78 Å². The van der Waals surface area contributed by atoms with Crippen LogP contribution in [0.15, 0.2) is 0 Å². The first-order chi connectivity index (χ1) is 7.65. The molecule has 0 spiro atoms. The van der Waals surface area contributed by atoms with Gasteiger partial charge >= 0.3 is 0 Å². The highest BCUT2D eigenvalue weighted by molar-refractivity contribution is 5.12. The maximum atomic E-state index is 12.9. The Bertz CT molecular complexity index is 321. The fourth-order valence-electron chi connectivity index (χ4n) is 1.76. The van der Waals surface area contributed by atoms with Crippen molar-refractivity contribution in [3.8, 4) is 0 Å². The highest BCUT2D eigenvalue weighted by Gasteiger charge is 2.24. The first-order valence-corrected chi connectivity index (χ1v) is 5.52. The minimum absolute atomic E-state index is 0.00195. The van der Waals surface area contributed by atoms with Gasteiger partial charge in [0.2, 0.25) is 0 Å². The van der Waals surface area contributed by atoms with E-state index < -0.39 is 6.43 Å². The second-order valence-electron chi connectivity index (χ2n) is 3.67. The quantitative estimate of drug-likeness (QED) is 0.818. The van der Waals surface area contributed by atoms with Gasteiger partial charge in [0, 0.05) is 6.54 Å². The van der Waals surface area contributed by atoms with E-state index in [1.165, 1.54) is 4.68 Å². The van der Waals surface area contributed by atoms with E-state index in [-0.39, 0.29) is 11.7 Å². The van der Waals surface area contributed by atoms with Crippen molar-refractivity contribution in [2.24, 2.45) is 0 Å². The highest BCUT2D eigenvalue weighted by Crippen LogP contribution is 2.26. The van der Waals surface area contributed by atoms with Crippen LogP contribution in [0.2, 0.25) is 0 Å². The van der Waals surface area contributed by atoms with Gasteiger partial charge in [0.25, 0.3) is 6.43 Å². The number of nitrogens with one attached hydrogen (secondary N) is 1. The van der Waals surface area contributed by atoms with Crippen molar-refractivity contribution in [1.29, 1.82) is 0 Å². The smallest absolute Gasteiger partial charge is 0.281 e. The molecule has 0 radical (unpaired) electrons. The fraction of sp³-hybridized carbons (Fsp3) is 0.800. The summed E-state index contributed by atoms with van der Waals surface area (Å²) in [6.45, 7) is 4.24. The fourth-order valence-corrected chi connectivity index (χ4v) is 1.76. The zero-order chi connectivity index (χ0) is 12.1. The zero-order valence-electron chi connectivity index (χ0n) is 9.87. The summed E-state index contributed by atoms with van der Waals surface area (Å²) in [7, 11) is 1.70. The molecule has 92 valence electrons. The number of nitrogens with zero attached hydrogens (tertiary/aromatic N) is 3. The molecule has 0 saturated carbocycles. The summed E-state index contributed by atoms with van der Waals surface area (Å²) < 4.78 is 27.3. The molecule has 16 heavy (non-hydrogen) atoms. The summed E-state index contributed by atoms with van der Waals surface area (Å²) in [5, 5.41) is 10.5. The third-order valence-corrected chi connectivity index (χ3v) is 2.64. The standard InChI is InChI=1S/C10H18F2N4/c1-4-7(5-2)16-9(10(11)12)8(6-13-3)14-15-16/h7,10,13H,4-6H2,1-3H3. The first-order valence-electron chi connectivity index (χ1n) is 5.52. The molecular formula is C10H18F2N4. The number of alkyl halides is 2. The topological polar surface area (TPSA) is 42.7 Å². The van der Waals surface area contributed by atoms with Crippen LogP contribution in [0.25, 0.3) is 0 Å². The molecule has 6 heteroatoms. The summed E-state index contributed by atoms with van der Waals surface area (Å²) in [5.74, 6) is 0. The molecule has 0 unspecified atom stereocenters. The van der Waals surface area contributed by atoms with E-state index >= 15 is 0 Å². The largest absolute Gasteiger partial charge is 0.314 e. The Morgan fingerprint density at radius 1 is 1.31 bits per heavy atom. The van der Waals surface area contributed by atoms with E-state index in [9.17, 15) is 8.78 Å². The van der Waals surface area contributed by atoms with Gasteiger partial charge in [-0.05, 0) is 19.9 Å². The zero-order valence-corrected chi connectivity index (χ0v) is 9.87. The van der Waals surface area contributed by atoms with E-state index in [0.717, 1.165) is 12.8 Å². The Balaban J connectivity index is 3.08. The average Bonchev–Trinajstić information content (AvgIpc) is 2.64. The van der Waals surface area contributed by atoms with Gasteiger partial charge in [0.05, 0.1) is 6.04 Å². The summed E-state index contributed by atoms with van der Waals surface area (Å²) in [5.41, 5.74) is 0.285. The van der Waals surface area contributed by atoms with Crippen LogP contribution in [-0.4, -0.2) is 22.0 Å². The number of hydrogen-bond acceptors (Lipinski definition) is 3. The first kappa shape index (κ1) is 13.0.